The fourth-order valence-corrected chi connectivity index (χ4v) is 7.04. The molecule has 5 heteroatoms. The minimum Gasteiger partial charge on any atom is -0.454 e. The van der Waals surface area contributed by atoms with Crippen LogP contribution in [0.1, 0.15) is 0 Å². The molecule has 0 atom stereocenters. The molecule has 0 saturated carbocycles. The van der Waals surface area contributed by atoms with Gasteiger partial charge in [0.25, 0.3) is 0 Å². The van der Waals surface area contributed by atoms with Gasteiger partial charge in [-0.2, -0.15) is 0 Å². The van der Waals surface area contributed by atoms with Crippen LogP contribution in [0.25, 0.3) is 94.4 Å². The molecule has 0 amide bonds. The summed E-state index contributed by atoms with van der Waals surface area (Å²) in [5, 5.41) is 7.05. The summed E-state index contributed by atoms with van der Waals surface area (Å²) in [5.74, 6) is 1.86. The first kappa shape index (κ1) is 26.6. The summed E-state index contributed by atoms with van der Waals surface area (Å²) < 4.78 is 9.13. The van der Waals surface area contributed by atoms with Crippen LogP contribution in [0.5, 0.6) is 0 Å². The molecule has 0 bridgehead atoms. The third kappa shape index (κ3) is 4.08. The van der Waals surface area contributed by atoms with Crippen molar-refractivity contribution >= 4 is 54.5 Å². The normalized spacial score (nSPS) is 11.8. The zero-order valence-corrected chi connectivity index (χ0v) is 25.7. The summed E-state index contributed by atoms with van der Waals surface area (Å²) in [5.41, 5.74) is 7.65. The monoisotopic (exact) mass is 614 g/mol. The van der Waals surface area contributed by atoms with Crippen LogP contribution in [0.15, 0.2) is 162 Å². The molecule has 0 aliphatic carbocycles. The Morgan fingerprint density at radius 1 is 0.417 bits per heavy atom. The Balaban J connectivity index is 1.19. The van der Waals surface area contributed by atoms with Crippen molar-refractivity contribution in [1.29, 1.82) is 0 Å². The summed E-state index contributed by atoms with van der Waals surface area (Å²) in [7, 11) is 0. The van der Waals surface area contributed by atoms with Crippen LogP contribution in [0.3, 0.4) is 0 Å². The van der Waals surface area contributed by atoms with Crippen molar-refractivity contribution in [3.05, 3.63) is 158 Å². The van der Waals surface area contributed by atoms with E-state index in [1.165, 1.54) is 21.5 Å². The highest BCUT2D eigenvalue weighted by molar-refractivity contribution is 6.22. The average molecular weight is 615 g/mol. The van der Waals surface area contributed by atoms with Crippen molar-refractivity contribution in [2.75, 3.05) is 0 Å². The second-order valence-electron chi connectivity index (χ2n) is 12.0. The van der Waals surface area contributed by atoms with E-state index in [2.05, 4.69) is 102 Å². The fourth-order valence-electron chi connectivity index (χ4n) is 7.04. The van der Waals surface area contributed by atoms with Gasteiger partial charge in [0, 0.05) is 38.2 Å². The zero-order chi connectivity index (χ0) is 31.6. The largest absolute Gasteiger partial charge is 0.454 e. The SMILES string of the molecule is c1ccc(-c2nc(-c3ccccc3)nc(-c3ccc4c(c3)oc3c(-n5c6ccccc6c6c7ccccc7ccc65)cccc34)n2)cc1. The molecule has 3 aromatic heterocycles. The highest BCUT2D eigenvalue weighted by Gasteiger charge is 2.20. The molecule has 5 nitrogen and oxygen atoms in total. The highest BCUT2D eigenvalue weighted by Crippen LogP contribution is 2.41. The van der Waals surface area contributed by atoms with Gasteiger partial charge in [-0.25, -0.2) is 15.0 Å². The van der Waals surface area contributed by atoms with Gasteiger partial charge in [0.15, 0.2) is 23.1 Å². The molecule has 10 aromatic rings. The van der Waals surface area contributed by atoms with Gasteiger partial charge in [0.1, 0.15) is 5.58 Å². The molecule has 10 rings (SSSR count). The topological polar surface area (TPSA) is 56.7 Å². The van der Waals surface area contributed by atoms with Gasteiger partial charge >= 0.3 is 0 Å². The van der Waals surface area contributed by atoms with Gasteiger partial charge in [-0.3, -0.25) is 0 Å². The molecule has 0 aliphatic rings. The van der Waals surface area contributed by atoms with E-state index in [0.717, 1.165) is 55.3 Å². The number of aromatic nitrogens is 4. The summed E-state index contributed by atoms with van der Waals surface area (Å²) in [6.07, 6.45) is 0. The molecule has 0 fully saturated rings. The number of rotatable bonds is 4. The third-order valence-corrected chi connectivity index (χ3v) is 9.24. The van der Waals surface area contributed by atoms with E-state index in [1.807, 2.05) is 60.7 Å². The number of hydrogen-bond acceptors (Lipinski definition) is 4. The van der Waals surface area contributed by atoms with Gasteiger partial charge in [0.2, 0.25) is 0 Å². The van der Waals surface area contributed by atoms with Gasteiger partial charge in [-0.15, -0.1) is 0 Å². The van der Waals surface area contributed by atoms with Crippen LogP contribution in [0, 0.1) is 0 Å². The molecular formula is C43H26N4O. The molecule has 0 saturated heterocycles. The molecule has 48 heavy (non-hydrogen) atoms. The Kier molecular flexibility index (Phi) is 5.81. The number of furan rings is 1. The lowest BCUT2D eigenvalue weighted by Gasteiger charge is -2.09. The summed E-state index contributed by atoms with van der Waals surface area (Å²) in [4.78, 5) is 14.7. The lowest BCUT2D eigenvalue weighted by atomic mass is 10.0. The Morgan fingerprint density at radius 3 is 1.79 bits per heavy atom. The lowest BCUT2D eigenvalue weighted by Crippen LogP contribution is -2.00. The van der Waals surface area contributed by atoms with Crippen LogP contribution < -0.4 is 0 Å². The predicted octanol–water partition coefficient (Wildman–Crippen LogP) is 11.0. The average Bonchev–Trinajstić information content (AvgIpc) is 3.71. The maximum atomic E-state index is 6.79. The number of hydrogen-bond donors (Lipinski definition) is 0. The van der Waals surface area contributed by atoms with E-state index in [1.54, 1.807) is 0 Å². The Morgan fingerprint density at radius 2 is 1.04 bits per heavy atom. The Hall–Kier alpha value is -6.59. The van der Waals surface area contributed by atoms with Crippen LogP contribution >= 0.6 is 0 Å². The quantitative estimate of drug-likeness (QED) is 0.198. The second-order valence-corrected chi connectivity index (χ2v) is 12.0. The van der Waals surface area contributed by atoms with Crippen molar-refractivity contribution in [2.45, 2.75) is 0 Å². The van der Waals surface area contributed by atoms with E-state index in [9.17, 15) is 0 Å². The molecule has 0 unspecified atom stereocenters. The minimum atomic E-state index is 0.597. The molecule has 0 spiro atoms. The summed E-state index contributed by atoms with van der Waals surface area (Å²) >= 11 is 0. The minimum absolute atomic E-state index is 0.597. The van der Waals surface area contributed by atoms with Crippen LogP contribution in [-0.2, 0) is 0 Å². The van der Waals surface area contributed by atoms with Gasteiger partial charge in [-0.1, -0.05) is 127 Å². The van der Waals surface area contributed by atoms with E-state index < -0.39 is 0 Å². The third-order valence-electron chi connectivity index (χ3n) is 9.24. The Labute approximate surface area is 275 Å². The van der Waals surface area contributed by atoms with E-state index in [4.69, 9.17) is 19.4 Å². The van der Waals surface area contributed by atoms with Gasteiger partial charge < -0.3 is 8.98 Å². The molecule has 3 heterocycles. The highest BCUT2D eigenvalue weighted by atomic mass is 16.3. The maximum Gasteiger partial charge on any atom is 0.164 e. The zero-order valence-electron chi connectivity index (χ0n) is 25.7. The number of nitrogens with zero attached hydrogens (tertiary/aromatic N) is 4. The number of benzene rings is 7. The standard InChI is InChI=1S/C43H26N4O/c1-3-13-28(14-4-1)41-44-42(29-15-5-2-6-16-29)46-43(45-41)30-22-24-32-33-19-11-21-37(40(33)48-38(32)26-30)47-35-20-10-9-18-34(35)39-31-17-8-7-12-27(31)23-25-36(39)47/h1-26H. The molecule has 224 valence electrons. The van der Waals surface area contributed by atoms with Gasteiger partial charge in [0.05, 0.1) is 16.7 Å². The first-order valence-corrected chi connectivity index (χ1v) is 16.0. The van der Waals surface area contributed by atoms with Gasteiger partial charge in [-0.05, 0) is 41.1 Å². The molecule has 0 aliphatic heterocycles. The smallest absolute Gasteiger partial charge is 0.164 e. The van der Waals surface area contributed by atoms with E-state index in [0.29, 0.717) is 17.5 Å². The molecular weight excluding hydrogens is 589 g/mol. The van der Waals surface area contributed by atoms with Crippen molar-refractivity contribution in [2.24, 2.45) is 0 Å². The van der Waals surface area contributed by atoms with Crippen molar-refractivity contribution in [3.8, 4) is 39.9 Å². The number of fused-ring (bicyclic) bond motifs is 8. The van der Waals surface area contributed by atoms with Crippen molar-refractivity contribution in [1.82, 2.24) is 19.5 Å². The second kappa shape index (κ2) is 10.5. The molecule has 0 N–H and O–H groups in total. The van der Waals surface area contributed by atoms with Crippen LogP contribution in [-0.4, -0.2) is 19.5 Å². The first-order valence-electron chi connectivity index (χ1n) is 16.0. The Bertz CT molecular complexity index is 2780. The fraction of sp³-hybridized carbons (Fsp3) is 0. The number of para-hydroxylation sites is 2. The van der Waals surface area contributed by atoms with Crippen molar-refractivity contribution < 1.29 is 4.42 Å². The maximum absolute atomic E-state index is 6.79. The van der Waals surface area contributed by atoms with E-state index in [-0.39, 0.29) is 0 Å². The summed E-state index contributed by atoms with van der Waals surface area (Å²) in [6, 6.07) is 54.4. The van der Waals surface area contributed by atoms with Crippen molar-refractivity contribution in [3.63, 3.8) is 0 Å². The van der Waals surface area contributed by atoms with E-state index >= 15 is 0 Å². The lowest BCUT2D eigenvalue weighted by molar-refractivity contribution is 0.666. The predicted molar refractivity (Wildman–Crippen MR) is 195 cm³/mol. The summed E-state index contributed by atoms with van der Waals surface area (Å²) in [6.45, 7) is 0. The van der Waals surface area contributed by atoms with Crippen LogP contribution in [0.2, 0.25) is 0 Å². The van der Waals surface area contributed by atoms with Crippen LogP contribution in [0.4, 0.5) is 0 Å². The first-order chi connectivity index (χ1) is 23.8. The molecule has 0 radical (unpaired) electrons. The molecule has 7 aromatic carbocycles.